The van der Waals surface area contributed by atoms with E-state index in [1.807, 2.05) is 0 Å². The zero-order valence-electron chi connectivity index (χ0n) is 10.3. The molecule has 1 aliphatic heterocycles. The van der Waals surface area contributed by atoms with Crippen LogP contribution in [0.4, 0.5) is 0 Å². The van der Waals surface area contributed by atoms with Crippen molar-refractivity contribution in [2.75, 3.05) is 6.54 Å². The molecule has 0 aromatic heterocycles. The minimum Gasteiger partial charge on any atom is -0.490 e. The summed E-state index contributed by atoms with van der Waals surface area (Å²) < 4.78 is 5.83. The zero-order chi connectivity index (χ0) is 11.5. The van der Waals surface area contributed by atoms with Crippen molar-refractivity contribution < 1.29 is 4.74 Å². The van der Waals surface area contributed by atoms with Gasteiger partial charge in [0, 0.05) is 6.04 Å². The predicted octanol–water partition coefficient (Wildman–Crippen LogP) is 2.91. The molecule has 1 unspecified atom stereocenters. The van der Waals surface area contributed by atoms with Crippen LogP contribution in [0.5, 0.6) is 5.75 Å². The third-order valence-corrected chi connectivity index (χ3v) is 3.62. The number of hydrogen-bond acceptors (Lipinski definition) is 2. The Kier molecular flexibility index (Phi) is 3.32. The van der Waals surface area contributed by atoms with Crippen molar-refractivity contribution in [2.45, 2.75) is 50.7 Å². The molecule has 1 aromatic rings. The molecular formula is C15H21NO. The fourth-order valence-corrected chi connectivity index (χ4v) is 2.51. The van der Waals surface area contributed by atoms with Crippen LogP contribution in [-0.4, -0.2) is 18.7 Å². The van der Waals surface area contributed by atoms with E-state index in [1.54, 1.807) is 0 Å². The lowest BCUT2D eigenvalue weighted by Crippen LogP contribution is -2.35. The maximum atomic E-state index is 5.83. The normalized spacial score (nSPS) is 24.6. The SMILES string of the molecule is c1cc(CC2CCCCN2)cc(OC2CC2)c1. The standard InChI is InChI=1S/C15H21NO/c1-2-9-16-13(5-1)10-12-4-3-6-15(11-12)17-14-7-8-14/h3-4,6,11,13-14,16H,1-2,5,7-10H2. The third-order valence-electron chi connectivity index (χ3n) is 3.62. The Morgan fingerprint density at radius 1 is 1.18 bits per heavy atom. The van der Waals surface area contributed by atoms with E-state index in [0.29, 0.717) is 12.1 Å². The van der Waals surface area contributed by atoms with Gasteiger partial charge in [-0.15, -0.1) is 0 Å². The molecule has 17 heavy (non-hydrogen) atoms. The first-order valence-electron chi connectivity index (χ1n) is 6.89. The molecule has 2 nitrogen and oxygen atoms in total. The maximum absolute atomic E-state index is 5.83. The molecule has 3 rings (SSSR count). The monoisotopic (exact) mass is 231 g/mol. The summed E-state index contributed by atoms with van der Waals surface area (Å²) in [6, 6.07) is 9.30. The average molecular weight is 231 g/mol. The van der Waals surface area contributed by atoms with E-state index < -0.39 is 0 Å². The summed E-state index contributed by atoms with van der Waals surface area (Å²) in [5.74, 6) is 1.06. The molecule has 2 fully saturated rings. The van der Waals surface area contributed by atoms with Crippen LogP contribution in [0.1, 0.15) is 37.7 Å². The van der Waals surface area contributed by atoms with Crippen LogP contribution < -0.4 is 10.1 Å². The van der Waals surface area contributed by atoms with Gasteiger partial charge >= 0.3 is 0 Å². The smallest absolute Gasteiger partial charge is 0.119 e. The number of hydrogen-bond donors (Lipinski definition) is 1. The van der Waals surface area contributed by atoms with Gasteiger partial charge in [-0.05, 0) is 56.3 Å². The summed E-state index contributed by atoms with van der Waals surface area (Å²) in [5.41, 5.74) is 1.41. The van der Waals surface area contributed by atoms with E-state index >= 15 is 0 Å². The maximum Gasteiger partial charge on any atom is 0.119 e. The fourth-order valence-electron chi connectivity index (χ4n) is 2.51. The zero-order valence-corrected chi connectivity index (χ0v) is 10.3. The summed E-state index contributed by atoms with van der Waals surface area (Å²) in [5, 5.41) is 3.60. The van der Waals surface area contributed by atoms with Gasteiger partial charge in [0.05, 0.1) is 6.10 Å². The lowest BCUT2D eigenvalue weighted by atomic mass is 9.98. The molecule has 0 amide bonds. The van der Waals surface area contributed by atoms with Crippen molar-refractivity contribution in [3.8, 4) is 5.75 Å². The predicted molar refractivity (Wildman–Crippen MR) is 69.4 cm³/mol. The van der Waals surface area contributed by atoms with Crippen LogP contribution in [0, 0.1) is 0 Å². The Morgan fingerprint density at radius 2 is 2.12 bits per heavy atom. The van der Waals surface area contributed by atoms with Crippen LogP contribution >= 0.6 is 0 Å². The molecule has 1 saturated heterocycles. The quantitative estimate of drug-likeness (QED) is 0.860. The second kappa shape index (κ2) is 5.09. The Balaban J connectivity index is 1.60. The van der Waals surface area contributed by atoms with Gasteiger partial charge in [-0.1, -0.05) is 18.6 Å². The van der Waals surface area contributed by atoms with Crippen molar-refractivity contribution in [1.29, 1.82) is 0 Å². The summed E-state index contributed by atoms with van der Waals surface area (Å²) in [4.78, 5) is 0. The molecule has 0 bridgehead atoms. The minimum atomic E-state index is 0.498. The van der Waals surface area contributed by atoms with Gasteiger partial charge in [0.25, 0.3) is 0 Å². The number of piperidine rings is 1. The second-order valence-corrected chi connectivity index (χ2v) is 5.32. The van der Waals surface area contributed by atoms with Gasteiger partial charge in [-0.2, -0.15) is 0 Å². The third kappa shape index (κ3) is 3.22. The average Bonchev–Trinajstić information content (AvgIpc) is 3.15. The summed E-state index contributed by atoms with van der Waals surface area (Å²) >= 11 is 0. The van der Waals surface area contributed by atoms with E-state index in [-0.39, 0.29) is 0 Å². The number of rotatable bonds is 4. The highest BCUT2D eigenvalue weighted by Crippen LogP contribution is 2.27. The highest BCUT2D eigenvalue weighted by atomic mass is 16.5. The Hall–Kier alpha value is -1.02. The second-order valence-electron chi connectivity index (χ2n) is 5.32. The van der Waals surface area contributed by atoms with Crippen molar-refractivity contribution in [2.24, 2.45) is 0 Å². The van der Waals surface area contributed by atoms with Gasteiger partial charge < -0.3 is 10.1 Å². The first-order chi connectivity index (χ1) is 8.40. The van der Waals surface area contributed by atoms with Crippen molar-refractivity contribution >= 4 is 0 Å². The molecular weight excluding hydrogens is 210 g/mol. The van der Waals surface area contributed by atoms with E-state index in [9.17, 15) is 0 Å². The first-order valence-corrected chi connectivity index (χ1v) is 6.89. The van der Waals surface area contributed by atoms with E-state index in [4.69, 9.17) is 4.74 Å². The number of ether oxygens (including phenoxy) is 1. The van der Waals surface area contributed by atoms with Crippen LogP contribution in [0.2, 0.25) is 0 Å². The van der Waals surface area contributed by atoms with Crippen LogP contribution in [0.15, 0.2) is 24.3 Å². The van der Waals surface area contributed by atoms with E-state index in [0.717, 1.165) is 12.2 Å². The summed E-state index contributed by atoms with van der Waals surface area (Å²) in [6.45, 7) is 1.18. The number of benzene rings is 1. The molecule has 1 heterocycles. The van der Waals surface area contributed by atoms with Crippen molar-refractivity contribution in [3.05, 3.63) is 29.8 Å². The molecule has 2 heteroatoms. The van der Waals surface area contributed by atoms with Crippen LogP contribution in [0.3, 0.4) is 0 Å². The first kappa shape index (κ1) is 11.1. The van der Waals surface area contributed by atoms with E-state index in [2.05, 4.69) is 29.6 Å². The van der Waals surface area contributed by atoms with E-state index in [1.165, 1.54) is 44.2 Å². The van der Waals surface area contributed by atoms with Gasteiger partial charge in [-0.25, -0.2) is 0 Å². The highest BCUT2D eigenvalue weighted by molar-refractivity contribution is 5.29. The molecule has 2 aliphatic rings. The summed E-state index contributed by atoms with van der Waals surface area (Å²) in [6.07, 6.45) is 8.12. The van der Waals surface area contributed by atoms with Gasteiger partial charge in [0.1, 0.15) is 5.75 Å². The molecule has 1 aliphatic carbocycles. The largest absolute Gasteiger partial charge is 0.490 e. The Morgan fingerprint density at radius 3 is 2.88 bits per heavy atom. The van der Waals surface area contributed by atoms with Crippen molar-refractivity contribution in [1.82, 2.24) is 5.32 Å². The van der Waals surface area contributed by atoms with Crippen LogP contribution in [0.25, 0.3) is 0 Å². The fraction of sp³-hybridized carbons (Fsp3) is 0.600. The van der Waals surface area contributed by atoms with Gasteiger partial charge in [0.15, 0.2) is 0 Å². The molecule has 92 valence electrons. The molecule has 0 radical (unpaired) electrons. The van der Waals surface area contributed by atoms with Crippen molar-refractivity contribution in [3.63, 3.8) is 0 Å². The summed E-state index contributed by atoms with van der Waals surface area (Å²) in [7, 11) is 0. The highest BCUT2D eigenvalue weighted by Gasteiger charge is 2.23. The molecule has 1 N–H and O–H groups in total. The van der Waals surface area contributed by atoms with Gasteiger partial charge in [0.2, 0.25) is 0 Å². The Bertz CT molecular complexity index is 367. The number of nitrogens with one attached hydrogen (secondary N) is 1. The lowest BCUT2D eigenvalue weighted by Gasteiger charge is -2.23. The molecule has 1 atom stereocenters. The minimum absolute atomic E-state index is 0.498. The molecule has 1 aromatic carbocycles. The lowest BCUT2D eigenvalue weighted by molar-refractivity contribution is 0.302. The van der Waals surface area contributed by atoms with Crippen LogP contribution in [-0.2, 0) is 6.42 Å². The van der Waals surface area contributed by atoms with Gasteiger partial charge in [-0.3, -0.25) is 0 Å². The molecule has 1 saturated carbocycles. The molecule has 0 spiro atoms. The topological polar surface area (TPSA) is 21.3 Å². The Labute approximate surface area is 103 Å².